The Balaban J connectivity index is 1.47. The average Bonchev–Trinajstić information content (AvgIpc) is 3.31. The smallest absolute Gasteiger partial charge is 0.145 e. The van der Waals surface area contributed by atoms with Crippen molar-refractivity contribution in [3.63, 3.8) is 0 Å². The minimum Gasteiger partial charge on any atom is -0.298 e. The van der Waals surface area contributed by atoms with E-state index < -0.39 is 7.92 Å². The Morgan fingerprint density at radius 3 is 1.72 bits per heavy atom. The van der Waals surface area contributed by atoms with Gasteiger partial charge in [0.1, 0.15) is 5.78 Å². The summed E-state index contributed by atoms with van der Waals surface area (Å²) in [6.07, 6.45) is 5.77. The van der Waals surface area contributed by atoms with Crippen LogP contribution in [0.1, 0.15) is 53.4 Å². The predicted molar refractivity (Wildman–Crippen MR) is 123 cm³/mol. The molecule has 0 aliphatic heterocycles. The molecular weight excluding hydrogens is 371 g/mol. The van der Waals surface area contributed by atoms with Gasteiger partial charge in [0.15, 0.2) is 0 Å². The Bertz CT molecular complexity index is 874. The van der Waals surface area contributed by atoms with Gasteiger partial charge >= 0.3 is 0 Å². The Morgan fingerprint density at radius 2 is 1.34 bits per heavy atom. The van der Waals surface area contributed by atoms with Gasteiger partial charge in [0.25, 0.3) is 0 Å². The van der Waals surface area contributed by atoms with Gasteiger partial charge in [0.05, 0.1) is 0 Å². The molecule has 4 saturated carbocycles. The topological polar surface area (TPSA) is 17.1 Å². The Labute approximate surface area is 177 Å². The monoisotopic (exact) mass is 404 g/mol. The maximum Gasteiger partial charge on any atom is 0.145 e. The first kappa shape index (κ1) is 19.5. The van der Waals surface area contributed by atoms with Crippen LogP contribution in [0.15, 0.2) is 60.7 Å². The molecule has 1 nitrogen and oxygen atoms in total. The number of benzene rings is 2. The van der Waals surface area contributed by atoms with Crippen molar-refractivity contribution in [2.75, 3.05) is 6.16 Å². The normalized spacial score (nSPS) is 35.0. The van der Waals surface area contributed by atoms with Crippen LogP contribution in [0, 0.1) is 27.6 Å². The molecule has 2 heteroatoms. The van der Waals surface area contributed by atoms with E-state index in [-0.39, 0.29) is 10.8 Å². The molecule has 152 valence electrons. The van der Waals surface area contributed by atoms with Gasteiger partial charge < -0.3 is 0 Å². The van der Waals surface area contributed by atoms with Gasteiger partial charge in [-0.25, -0.2) is 0 Å². The number of rotatable bonds is 6. The summed E-state index contributed by atoms with van der Waals surface area (Å²) >= 11 is 0. The molecule has 0 saturated heterocycles. The van der Waals surface area contributed by atoms with Gasteiger partial charge in [-0.05, 0) is 67.1 Å². The molecule has 0 N–H and O–H groups in total. The number of ketones is 1. The third-order valence-corrected chi connectivity index (χ3v) is 11.7. The largest absolute Gasteiger partial charge is 0.298 e. The van der Waals surface area contributed by atoms with Crippen LogP contribution in [0.25, 0.3) is 0 Å². The first-order chi connectivity index (χ1) is 13.7. The van der Waals surface area contributed by atoms with Crippen molar-refractivity contribution in [1.82, 2.24) is 0 Å². The van der Waals surface area contributed by atoms with E-state index in [0.29, 0.717) is 22.5 Å². The van der Waals surface area contributed by atoms with Crippen molar-refractivity contribution in [3.8, 4) is 0 Å². The lowest BCUT2D eigenvalue weighted by atomic mass is 9.68. The summed E-state index contributed by atoms with van der Waals surface area (Å²) in [5.74, 6) is 1.20. The van der Waals surface area contributed by atoms with E-state index in [4.69, 9.17) is 0 Å². The van der Waals surface area contributed by atoms with E-state index in [1.807, 2.05) is 0 Å². The van der Waals surface area contributed by atoms with E-state index >= 15 is 0 Å². The second-order valence-electron chi connectivity index (χ2n) is 11.2. The molecule has 2 aromatic carbocycles. The molecule has 4 aliphatic carbocycles. The third kappa shape index (κ3) is 2.73. The molecule has 4 fully saturated rings. The van der Waals surface area contributed by atoms with Crippen molar-refractivity contribution in [2.45, 2.75) is 53.4 Å². The van der Waals surface area contributed by atoms with Crippen LogP contribution >= 0.6 is 7.92 Å². The Hall–Kier alpha value is -1.46. The first-order valence-corrected chi connectivity index (χ1v) is 12.6. The highest BCUT2D eigenvalue weighted by molar-refractivity contribution is 7.73. The van der Waals surface area contributed by atoms with Crippen LogP contribution in [-0.2, 0) is 4.79 Å². The second-order valence-corrected chi connectivity index (χ2v) is 13.4. The third-order valence-electron chi connectivity index (χ3n) is 8.80. The molecule has 2 aromatic rings. The van der Waals surface area contributed by atoms with Crippen LogP contribution in [0.5, 0.6) is 0 Å². The lowest BCUT2D eigenvalue weighted by molar-refractivity contribution is -0.137. The summed E-state index contributed by atoms with van der Waals surface area (Å²) in [6.45, 7) is 9.39. The van der Waals surface area contributed by atoms with Crippen LogP contribution in [0.2, 0.25) is 0 Å². The maximum absolute atomic E-state index is 14.2. The summed E-state index contributed by atoms with van der Waals surface area (Å²) in [4.78, 5) is 14.2. The van der Waals surface area contributed by atoms with Crippen LogP contribution in [0.3, 0.4) is 0 Å². The van der Waals surface area contributed by atoms with Gasteiger partial charge in [-0.3, -0.25) is 4.79 Å². The molecule has 29 heavy (non-hydrogen) atoms. The highest BCUT2D eigenvalue weighted by Gasteiger charge is 2.76. The SMILES string of the molecule is CC(C)(CP(c1ccccc1)c1ccccc1)C(=O)C12CC3(C)CC1CC3(C)C2. The molecule has 2 atom stereocenters. The molecule has 0 aromatic heterocycles. The van der Waals surface area contributed by atoms with E-state index in [0.717, 1.165) is 19.0 Å². The Kier molecular flexibility index (Phi) is 4.22. The summed E-state index contributed by atoms with van der Waals surface area (Å²) in [6, 6.07) is 21.7. The number of hydrogen-bond acceptors (Lipinski definition) is 1. The van der Waals surface area contributed by atoms with Gasteiger partial charge in [-0.1, -0.05) is 88.4 Å². The van der Waals surface area contributed by atoms with E-state index in [2.05, 4.69) is 88.4 Å². The average molecular weight is 405 g/mol. The van der Waals surface area contributed by atoms with Crippen molar-refractivity contribution in [3.05, 3.63) is 60.7 Å². The van der Waals surface area contributed by atoms with Crippen LogP contribution < -0.4 is 10.6 Å². The fraction of sp³-hybridized carbons (Fsp3) is 0.519. The van der Waals surface area contributed by atoms with Crippen molar-refractivity contribution in [1.29, 1.82) is 0 Å². The van der Waals surface area contributed by atoms with Gasteiger partial charge in [-0.2, -0.15) is 0 Å². The zero-order valence-electron chi connectivity index (χ0n) is 18.2. The number of carbonyl (C=O) groups is 1. The van der Waals surface area contributed by atoms with Crippen LogP contribution in [0.4, 0.5) is 0 Å². The zero-order valence-corrected chi connectivity index (χ0v) is 19.1. The standard InChI is InChI=1S/C27H33OP/c1-24(2,23(28)27-17-25(3)15-20(27)16-26(25,4)18-27)19-29(21-11-7-5-8-12-21)22-13-9-6-10-14-22/h5-14,20H,15-19H2,1-4H3. The van der Waals surface area contributed by atoms with E-state index in [1.54, 1.807) is 0 Å². The second kappa shape index (κ2) is 6.27. The maximum atomic E-state index is 14.2. The number of Topliss-reactive ketones (excluding diaryl/α,β-unsaturated/α-hetero) is 1. The van der Waals surface area contributed by atoms with Gasteiger partial charge in [-0.15, -0.1) is 0 Å². The fourth-order valence-electron chi connectivity index (χ4n) is 7.39. The highest BCUT2D eigenvalue weighted by Crippen LogP contribution is 2.82. The lowest BCUT2D eigenvalue weighted by Gasteiger charge is -2.38. The Morgan fingerprint density at radius 1 is 0.897 bits per heavy atom. The molecule has 6 rings (SSSR count). The summed E-state index contributed by atoms with van der Waals surface area (Å²) in [5.41, 5.74) is 0.456. The molecule has 0 spiro atoms. The fourth-order valence-corrected chi connectivity index (χ4v) is 10.1. The van der Waals surface area contributed by atoms with Gasteiger partial charge in [0, 0.05) is 10.8 Å². The van der Waals surface area contributed by atoms with E-state index in [9.17, 15) is 4.79 Å². The van der Waals surface area contributed by atoms with Crippen LogP contribution in [-0.4, -0.2) is 11.9 Å². The molecule has 2 unspecified atom stereocenters. The van der Waals surface area contributed by atoms with Crippen molar-refractivity contribution in [2.24, 2.45) is 27.6 Å². The minimum absolute atomic E-state index is 0.0403. The summed E-state index contributed by atoms with van der Waals surface area (Å²) < 4.78 is 0. The number of hydrogen-bond donors (Lipinski definition) is 0. The zero-order chi connectivity index (χ0) is 20.5. The molecule has 4 bridgehead atoms. The number of carbonyl (C=O) groups excluding carboxylic acids is 1. The van der Waals surface area contributed by atoms with Crippen molar-refractivity contribution < 1.29 is 4.79 Å². The highest BCUT2D eigenvalue weighted by atomic mass is 31.1. The molecule has 0 heterocycles. The van der Waals surface area contributed by atoms with E-state index in [1.165, 1.54) is 23.5 Å². The predicted octanol–water partition coefficient (Wildman–Crippen LogP) is 5.93. The van der Waals surface area contributed by atoms with Gasteiger partial charge in [0.2, 0.25) is 0 Å². The summed E-state index contributed by atoms with van der Waals surface area (Å²) in [5, 5.41) is 2.76. The molecule has 0 amide bonds. The lowest BCUT2D eigenvalue weighted by Crippen LogP contribution is -2.43. The first-order valence-electron chi connectivity index (χ1n) is 11.1. The molecular formula is C27H33OP. The quantitative estimate of drug-likeness (QED) is 0.545. The minimum atomic E-state index is -0.547. The molecule has 0 radical (unpaired) electrons. The summed E-state index contributed by atoms with van der Waals surface area (Å²) in [7, 11) is -0.547. The van der Waals surface area contributed by atoms with Crippen molar-refractivity contribution >= 4 is 24.3 Å². The molecule has 4 aliphatic rings.